The van der Waals surface area contributed by atoms with Gasteiger partial charge < -0.3 is 4.98 Å². The Balaban J connectivity index is 2.07. The van der Waals surface area contributed by atoms with Crippen LogP contribution in [0.4, 0.5) is 4.39 Å². The van der Waals surface area contributed by atoms with Crippen molar-refractivity contribution in [3.63, 3.8) is 0 Å². The number of benzene rings is 2. The summed E-state index contributed by atoms with van der Waals surface area (Å²) in [6.07, 6.45) is 0. The number of nitrogens with one attached hydrogen (secondary N) is 1. The summed E-state index contributed by atoms with van der Waals surface area (Å²) in [5, 5.41) is 0.489. The first-order valence-corrected chi connectivity index (χ1v) is 8.12. The molecule has 0 saturated heterocycles. The number of H-pyrrole nitrogens is 1. The molecule has 1 aliphatic rings. The Morgan fingerprint density at radius 3 is 2.72 bits per heavy atom. The summed E-state index contributed by atoms with van der Waals surface area (Å²) in [5.74, 6) is 0.139. The normalized spacial score (nSPS) is 12.8. The Kier molecular flexibility index (Phi) is 3.73. The van der Waals surface area contributed by atoms with Crippen molar-refractivity contribution in [1.82, 2.24) is 9.97 Å². The topological polar surface area (TPSA) is 58.1 Å². The molecule has 1 N–H and O–H groups in total. The van der Waals surface area contributed by atoms with Crippen molar-refractivity contribution in [3.8, 4) is 11.1 Å². The molecule has 4 rings (SSSR count). The van der Waals surface area contributed by atoms with Crippen LogP contribution in [-0.4, -0.2) is 15.7 Å². The zero-order chi connectivity index (χ0) is 17.6. The van der Waals surface area contributed by atoms with Gasteiger partial charge in [-0.05, 0) is 36.8 Å². The molecule has 0 unspecified atom stereocenters. The molecule has 0 atom stereocenters. The molecule has 4 nitrogen and oxygen atoms in total. The van der Waals surface area contributed by atoms with Crippen molar-refractivity contribution in [2.24, 2.45) is 4.99 Å². The molecule has 0 aliphatic carbocycles. The third-order valence-electron chi connectivity index (χ3n) is 4.13. The molecule has 0 bridgehead atoms. The maximum atomic E-state index is 14.4. The van der Waals surface area contributed by atoms with Gasteiger partial charge in [0.05, 0.1) is 23.5 Å². The van der Waals surface area contributed by atoms with E-state index in [4.69, 9.17) is 11.6 Å². The van der Waals surface area contributed by atoms with E-state index in [0.717, 1.165) is 0 Å². The molecule has 1 aromatic heterocycles. The number of aliphatic imine (C=N–C) groups is 1. The summed E-state index contributed by atoms with van der Waals surface area (Å²) in [5.41, 5.74) is 2.87. The van der Waals surface area contributed by atoms with E-state index in [-0.39, 0.29) is 17.9 Å². The number of halogens is 2. The second-order valence-corrected chi connectivity index (χ2v) is 6.24. The van der Waals surface area contributed by atoms with E-state index in [2.05, 4.69) is 15.0 Å². The average Bonchev–Trinajstić information content (AvgIpc) is 2.72. The smallest absolute Gasteiger partial charge is 0.259 e. The molecule has 124 valence electrons. The Bertz CT molecular complexity index is 1090. The zero-order valence-electron chi connectivity index (χ0n) is 13.3. The standard InChI is InChI=1S/C19H13ClFN3O/c1-10-23-16-9-22-18(13-4-2-3-5-15(13)21)14-8-11(20)6-7-12(14)17(16)19(25)24-10/h2-8H,9H2,1H3,(H,23,24,25). The third-order valence-corrected chi connectivity index (χ3v) is 4.37. The molecule has 1 aliphatic heterocycles. The van der Waals surface area contributed by atoms with Crippen LogP contribution in [-0.2, 0) is 6.54 Å². The molecule has 2 heterocycles. The molecule has 0 saturated carbocycles. The number of hydrogen-bond acceptors (Lipinski definition) is 3. The molecule has 6 heteroatoms. The first kappa shape index (κ1) is 15.7. The lowest BCUT2D eigenvalue weighted by Gasteiger charge is -2.12. The molecule has 25 heavy (non-hydrogen) atoms. The number of nitrogens with zero attached hydrogens (tertiary/aromatic N) is 2. The van der Waals surface area contributed by atoms with Gasteiger partial charge >= 0.3 is 0 Å². The Morgan fingerprint density at radius 2 is 1.92 bits per heavy atom. The fourth-order valence-electron chi connectivity index (χ4n) is 3.09. The second kappa shape index (κ2) is 5.93. The van der Waals surface area contributed by atoms with Crippen LogP contribution in [0.15, 0.2) is 52.3 Å². The third kappa shape index (κ3) is 2.66. The van der Waals surface area contributed by atoms with Crippen molar-refractivity contribution in [2.75, 3.05) is 0 Å². The maximum Gasteiger partial charge on any atom is 0.259 e. The lowest BCUT2D eigenvalue weighted by atomic mass is 9.94. The van der Waals surface area contributed by atoms with Crippen LogP contribution >= 0.6 is 11.6 Å². The minimum atomic E-state index is -0.379. The summed E-state index contributed by atoms with van der Waals surface area (Å²) in [4.78, 5) is 24.2. The highest BCUT2D eigenvalue weighted by molar-refractivity contribution is 6.31. The monoisotopic (exact) mass is 353 g/mol. The summed E-state index contributed by atoms with van der Waals surface area (Å²) in [6.45, 7) is 1.91. The second-order valence-electron chi connectivity index (χ2n) is 5.81. The molecular weight excluding hydrogens is 341 g/mol. The minimum Gasteiger partial charge on any atom is -0.310 e. The van der Waals surface area contributed by atoms with Crippen molar-refractivity contribution in [2.45, 2.75) is 13.5 Å². The van der Waals surface area contributed by atoms with E-state index >= 15 is 0 Å². The predicted octanol–water partition coefficient (Wildman–Crippen LogP) is 3.89. The van der Waals surface area contributed by atoms with Crippen LogP contribution in [0.3, 0.4) is 0 Å². The van der Waals surface area contributed by atoms with Gasteiger partial charge in [0.1, 0.15) is 11.6 Å². The quantitative estimate of drug-likeness (QED) is 0.721. The first-order valence-electron chi connectivity index (χ1n) is 7.74. The first-order chi connectivity index (χ1) is 12.0. The van der Waals surface area contributed by atoms with Crippen LogP contribution in [0.5, 0.6) is 0 Å². The predicted molar refractivity (Wildman–Crippen MR) is 95.8 cm³/mol. The largest absolute Gasteiger partial charge is 0.310 e. The highest BCUT2D eigenvalue weighted by Gasteiger charge is 2.24. The van der Waals surface area contributed by atoms with Crippen LogP contribution in [0.2, 0.25) is 5.02 Å². The van der Waals surface area contributed by atoms with Crippen molar-refractivity contribution in [3.05, 3.63) is 86.3 Å². The van der Waals surface area contributed by atoms with Crippen molar-refractivity contribution in [1.29, 1.82) is 0 Å². The van der Waals surface area contributed by atoms with Crippen molar-refractivity contribution < 1.29 is 4.39 Å². The summed E-state index contributed by atoms with van der Waals surface area (Å²) in [6, 6.07) is 11.6. The summed E-state index contributed by atoms with van der Waals surface area (Å²) >= 11 is 6.16. The average molecular weight is 354 g/mol. The van der Waals surface area contributed by atoms with E-state index in [9.17, 15) is 9.18 Å². The lowest BCUT2D eigenvalue weighted by Crippen LogP contribution is -2.16. The van der Waals surface area contributed by atoms with E-state index in [1.54, 1.807) is 43.3 Å². The number of fused-ring (bicyclic) bond motifs is 3. The van der Waals surface area contributed by atoms with Gasteiger partial charge in [0, 0.05) is 16.1 Å². The molecule has 2 aromatic carbocycles. The van der Waals surface area contributed by atoms with Gasteiger partial charge in [0.25, 0.3) is 5.56 Å². The summed E-state index contributed by atoms with van der Waals surface area (Å²) in [7, 11) is 0. The molecule has 0 fully saturated rings. The van der Waals surface area contributed by atoms with Gasteiger partial charge in [-0.3, -0.25) is 9.79 Å². The van der Waals surface area contributed by atoms with E-state index in [1.165, 1.54) is 6.07 Å². The van der Waals surface area contributed by atoms with Crippen LogP contribution < -0.4 is 5.56 Å². The van der Waals surface area contributed by atoms with E-state index < -0.39 is 0 Å². The molecule has 3 aromatic rings. The SMILES string of the molecule is Cc1nc2c(c(=O)[nH]1)-c1ccc(Cl)cc1C(c1ccccc1F)=NC2. The highest BCUT2D eigenvalue weighted by atomic mass is 35.5. The Labute approximate surface area is 148 Å². The molecule has 0 amide bonds. The van der Waals surface area contributed by atoms with Gasteiger partial charge in [-0.25, -0.2) is 9.37 Å². The number of aromatic nitrogens is 2. The highest BCUT2D eigenvalue weighted by Crippen LogP contribution is 2.32. The summed E-state index contributed by atoms with van der Waals surface area (Å²) < 4.78 is 14.4. The lowest BCUT2D eigenvalue weighted by molar-refractivity contribution is 0.625. The maximum absolute atomic E-state index is 14.4. The number of aryl methyl sites for hydroxylation is 1. The van der Waals surface area contributed by atoms with Crippen LogP contribution in [0.1, 0.15) is 22.6 Å². The molecule has 0 radical (unpaired) electrons. The van der Waals surface area contributed by atoms with Gasteiger partial charge in [0.2, 0.25) is 0 Å². The molecular formula is C19H13ClFN3O. The zero-order valence-corrected chi connectivity index (χ0v) is 14.1. The van der Waals surface area contributed by atoms with Crippen LogP contribution in [0, 0.1) is 12.7 Å². The Morgan fingerprint density at radius 1 is 1.12 bits per heavy atom. The van der Waals surface area contributed by atoms with Gasteiger partial charge in [-0.15, -0.1) is 0 Å². The number of aromatic amines is 1. The van der Waals surface area contributed by atoms with Crippen LogP contribution in [0.25, 0.3) is 11.1 Å². The Hall–Kier alpha value is -2.79. The van der Waals surface area contributed by atoms with Crippen molar-refractivity contribution >= 4 is 17.3 Å². The molecule has 0 spiro atoms. The van der Waals surface area contributed by atoms with Gasteiger partial charge in [-0.1, -0.05) is 29.8 Å². The van der Waals surface area contributed by atoms with E-state index in [1.807, 2.05) is 0 Å². The van der Waals surface area contributed by atoms with Gasteiger partial charge in [0.15, 0.2) is 0 Å². The fraction of sp³-hybridized carbons (Fsp3) is 0.105. The number of rotatable bonds is 1. The minimum absolute atomic E-state index is 0.191. The fourth-order valence-corrected chi connectivity index (χ4v) is 3.26. The van der Waals surface area contributed by atoms with Gasteiger partial charge in [-0.2, -0.15) is 0 Å². The number of hydrogen-bond donors (Lipinski definition) is 1. The van der Waals surface area contributed by atoms with E-state index in [0.29, 0.717) is 44.5 Å².